The van der Waals surface area contributed by atoms with Crippen molar-refractivity contribution in [2.24, 2.45) is 11.8 Å². The van der Waals surface area contributed by atoms with E-state index >= 15 is 0 Å². The predicted molar refractivity (Wildman–Crippen MR) is 91.5 cm³/mol. The van der Waals surface area contributed by atoms with Gasteiger partial charge >= 0.3 is 0 Å². The van der Waals surface area contributed by atoms with Gasteiger partial charge < -0.3 is 15.4 Å². The normalized spacial score (nSPS) is 18.3. The van der Waals surface area contributed by atoms with Crippen molar-refractivity contribution in [2.45, 2.75) is 13.0 Å². The number of hydrogen-bond donors (Lipinski definition) is 2. The maximum atomic E-state index is 12.8. The Bertz CT molecular complexity index is 759. The number of carbonyl (C=O) groups is 2. The molecule has 6 heteroatoms. The van der Waals surface area contributed by atoms with Crippen LogP contribution in [0.5, 0.6) is 5.75 Å². The van der Waals surface area contributed by atoms with Gasteiger partial charge in [-0.15, -0.1) is 0 Å². The van der Waals surface area contributed by atoms with Gasteiger partial charge in [-0.05, 0) is 48.4 Å². The minimum absolute atomic E-state index is 0.154. The summed E-state index contributed by atoms with van der Waals surface area (Å²) < 4.78 is 17.9. The molecule has 0 bridgehead atoms. The van der Waals surface area contributed by atoms with Crippen LogP contribution in [-0.4, -0.2) is 18.9 Å². The summed E-state index contributed by atoms with van der Waals surface area (Å²) in [5.41, 5.74) is 1.48. The van der Waals surface area contributed by atoms with E-state index < -0.39 is 0 Å². The van der Waals surface area contributed by atoms with Crippen molar-refractivity contribution in [2.75, 3.05) is 12.4 Å². The second kappa shape index (κ2) is 7.34. The molecule has 0 heterocycles. The molecule has 2 unspecified atom stereocenters. The van der Waals surface area contributed by atoms with Crippen LogP contribution in [0.1, 0.15) is 12.0 Å². The van der Waals surface area contributed by atoms with E-state index in [2.05, 4.69) is 10.6 Å². The molecule has 0 radical (unpaired) electrons. The topological polar surface area (TPSA) is 67.4 Å². The highest BCUT2D eigenvalue weighted by atomic mass is 19.1. The molecule has 0 aliphatic heterocycles. The lowest BCUT2D eigenvalue weighted by Crippen LogP contribution is -2.27. The number of halogens is 1. The van der Waals surface area contributed by atoms with Crippen LogP contribution in [0.15, 0.2) is 48.5 Å². The first-order chi connectivity index (χ1) is 12.1. The van der Waals surface area contributed by atoms with Gasteiger partial charge in [0.2, 0.25) is 11.8 Å². The van der Waals surface area contributed by atoms with Gasteiger partial charge in [0.15, 0.2) is 0 Å². The van der Waals surface area contributed by atoms with Crippen LogP contribution in [0.2, 0.25) is 0 Å². The van der Waals surface area contributed by atoms with E-state index in [9.17, 15) is 14.0 Å². The van der Waals surface area contributed by atoms with E-state index in [0.29, 0.717) is 24.4 Å². The van der Waals surface area contributed by atoms with Gasteiger partial charge in [-0.3, -0.25) is 9.59 Å². The zero-order valence-corrected chi connectivity index (χ0v) is 13.8. The number of ether oxygens (including phenoxy) is 1. The Labute approximate surface area is 145 Å². The fourth-order valence-electron chi connectivity index (χ4n) is 2.61. The molecule has 1 aliphatic carbocycles. The summed E-state index contributed by atoms with van der Waals surface area (Å²) in [7, 11) is 1.58. The molecule has 2 atom stereocenters. The zero-order chi connectivity index (χ0) is 17.8. The molecular weight excluding hydrogens is 323 g/mol. The summed E-state index contributed by atoms with van der Waals surface area (Å²) in [4.78, 5) is 24.3. The minimum atomic E-state index is -0.312. The van der Waals surface area contributed by atoms with Gasteiger partial charge in [-0.2, -0.15) is 0 Å². The summed E-state index contributed by atoms with van der Waals surface area (Å²) in [6, 6.07) is 13.0. The Morgan fingerprint density at radius 3 is 2.32 bits per heavy atom. The minimum Gasteiger partial charge on any atom is -0.497 e. The van der Waals surface area contributed by atoms with Crippen molar-refractivity contribution in [3.05, 3.63) is 59.9 Å². The van der Waals surface area contributed by atoms with Crippen molar-refractivity contribution in [1.29, 1.82) is 0 Å². The van der Waals surface area contributed by atoms with Gasteiger partial charge in [0.1, 0.15) is 11.6 Å². The van der Waals surface area contributed by atoms with Gasteiger partial charge in [0, 0.05) is 12.2 Å². The number of carbonyl (C=O) groups excluding carboxylic acids is 2. The molecule has 2 aromatic carbocycles. The van der Waals surface area contributed by atoms with Gasteiger partial charge in [0.25, 0.3) is 0 Å². The van der Waals surface area contributed by atoms with Gasteiger partial charge in [0.05, 0.1) is 18.9 Å². The Morgan fingerprint density at radius 2 is 1.68 bits per heavy atom. The lowest BCUT2D eigenvalue weighted by molar-refractivity contribution is -0.125. The molecule has 0 saturated heterocycles. The average molecular weight is 342 g/mol. The fraction of sp³-hybridized carbons (Fsp3) is 0.263. The van der Waals surface area contributed by atoms with Crippen LogP contribution < -0.4 is 15.4 Å². The number of nitrogens with one attached hydrogen (secondary N) is 2. The Balaban J connectivity index is 1.46. The maximum Gasteiger partial charge on any atom is 0.228 e. The summed E-state index contributed by atoms with van der Waals surface area (Å²) in [6.45, 7) is 0.322. The molecule has 1 saturated carbocycles. The number of rotatable bonds is 6. The van der Waals surface area contributed by atoms with E-state index in [1.807, 2.05) is 0 Å². The first-order valence-corrected chi connectivity index (χ1v) is 8.04. The molecule has 25 heavy (non-hydrogen) atoms. The number of hydrogen-bond acceptors (Lipinski definition) is 3. The highest BCUT2D eigenvalue weighted by Gasteiger charge is 2.47. The highest BCUT2D eigenvalue weighted by molar-refractivity contribution is 5.99. The maximum absolute atomic E-state index is 12.8. The van der Waals surface area contributed by atoms with Crippen molar-refractivity contribution < 1.29 is 18.7 Å². The lowest BCUT2D eigenvalue weighted by Gasteiger charge is -2.07. The number of benzene rings is 2. The number of methoxy groups -OCH3 is 1. The standard InChI is InChI=1S/C19H19FN2O3/c1-25-15-8-6-14(7-9-15)22-19(24)17-10-16(17)18(23)21-11-12-2-4-13(20)5-3-12/h2-9,16-17H,10-11H2,1H3,(H,21,23)(H,22,24). The monoisotopic (exact) mass is 342 g/mol. The summed E-state index contributed by atoms with van der Waals surface area (Å²) in [5.74, 6) is -0.532. The zero-order valence-electron chi connectivity index (χ0n) is 13.8. The Hall–Kier alpha value is -2.89. The molecular formula is C19H19FN2O3. The first-order valence-electron chi connectivity index (χ1n) is 8.04. The van der Waals surface area contributed by atoms with E-state index in [0.717, 1.165) is 5.56 Å². The van der Waals surface area contributed by atoms with Crippen LogP contribution in [0.3, 0.4) is 0 Å². The molecule has 5 nitrogen and oxygen atoms in total. The quantitative estimate of drug-likeness (QED) is 0.848. The molecule has 1 aliphatic rings. The van der Waals surface area contributed by atoms with Crippen LogP contribution >= 0.6 is 0 Å². The van der Waals surface area contributed by atoms with Crippen LogP contribution in [0.25, 0.3) is 0 Å². The van der Waals surface area contributed by atoms with Crippen LogP contribution in [0.4, 0.5) is 10.1 Å². The molecule has 1 fully saturated rings. The molecule has 2 aromatic rings. The third-order valence-corrected chi connectivity index (χ3v) is 4.20. The second-order valence-corrected chi connectivity index (χ2v) is 6.01. The predicted octanol–water partition coefficient (Wildman–Crippen LogP) is 2.73. The Morgan fingerprint density at radius 1 is 1.04 bits per heavy atom. The number of anilines is 1. The second-order valence-electron chi connectivity index (χ2n) is 6.01. The summed E-state index contributed by atoms with van der Waals surface area (Å²) >= 11 is 0. The van der Waals surface area contributed by atoms with Crippen molar-refractivity contribution in [1.82, 2.24) is 5.32 Å². The van der Waals surface area contributed by atoms with Gasteiger partial charge in [-0.25, -0.2) is 4.39 Å². The van der Waals surface area contributed by atoms with Crippen molar-refractivity contribution >= 4 is 17.5 Å². The number of amides is 2. The highest BCUT2D eigenvalue weighted by Crippen LogP contribution is 2.39. The molecule has 2 N–H and O–H groups in total. The van der Waals surface area contributed by atoms with E-state index in [4.69, 9.17) is 4.74 Å². The SMILES string of the molecule is COc1ccc(NC(=O)C2CC2C(=O)NCc2ccc(F)cc2)cc1. The summed E-state index contributed by atoms with van der Waals surface area (Å²) in [5, 5.41) is 5.59. The molecule has 0 spiro atoms. The lowest BCUT2D eigenvalue weighted by atomic mass is 10.2. The third kappa shape index (κ3) is 4.35. The molecule has 2 amide bonds. The molecule has 0 aromatic heterocycles. The van der Waals surface area contributed by atoms with Crippen molar-refractivity contribution in [3.8, 4) is 5.75 Å². The Kier molecular flexibility index (Phi) is 4.97. The van der Waals surface area contributed by atoms with Crippen LogP contribution in [-0.2, 0) is 16.1 Å². The average Bonchev–Trinajstić information content (AvgIpc) is 3.43. The smallest absolute Gasteiger partial charge is 0.228 e. The molecule has 3 rings (SSSR count). The largest absolute Gasteiger partial charge is 0.497 e. The van der Waals surface area contributed by atoms with Gasteiger partial charge in [-0.1, -0.05) is 12.1 Å². The van der Waals surface area contributed by atoms with Crippen LogP contribution in [0, 0.1) is 17.7 Å². The fourth-order valence-corrected chi connectivity index (χ4v) is 2.61. The molecule has 130 valence electrons. The van der Waals surface area contributed by atoms with Crippen molar-refractivity contribution in [3.63, 3.8) is 0 Å². The summed E-state index contributed by atoms with van der Waals surface area (Å²) in [6.07, 6.45) is 0.539. The van der Waals surface area contributed by atoms with E-state index in [-0.39, 0.29) is 29.5 Å². The van der Waals surface area contributed by atoms with E-state index in [1.165, 1.54) is 12.1 Å². The third-order valence-electron chi connectivity index (χ3n) is 4.20. The van der Waals surface area contributed by atoms with E-state index in [1.54, 1.807) is 43.5 Å². The first kappa shape index (κ1) is 17.0.